The van der Waals surface area contributed by atoms with Crippen LogP contribution in [-0.2, 0) is 11.3 Å². The lowest BCUT2D eigenvalue weighted by Crippen LogP contribution is -2.46. The van der Waals surface area contributed by atoms with Crippen molar-refractivity contribution in [2.45, 2.75) is 33.4 Å². The van der Waals surface area contributed by atoms with Gasteiger partial charge in [-0.1, -0.05) is 0 Å². The molecule has 1 atom stereocenters. The van der Waals surface area contributed by atoms with Crippen LogP contribution in [0.1, 0.15) is 23.9 Å². The van der Waals surface area contributed by atoms with E-state index in [1.807, 2.05) is 17.6 Å². The molecular weight excluding hydrogens is 290 g/mol. The summed E-state index contributed by atoms with van der Waals surface area (Å²) < 4.78 is 7.37. The van der Waals surface area contributed by atoms with E-state index in [9.17, 15) is 0 Å². The van der Waals surface area contributed by atoms with Gasteiger partial charge in [0.1, 0.15) is 0 Å². The first-order valence-electron chi connectivity index (χ1n) is 8.36. The third-order valence-electron chi connectivity index (χ3n) is 4.54. The molecule has 1 aliphatic heterocycles. The topological polar surface area (TPSA) is 45.9 Å². The Morgan fingerprint density at radius 2 is 2.04 bits per heavy atom. The van der Waals surface area contributed by atoms with Gasteiger partial charge in [0.2, 0.25) is 0 Å². The second-order valence-electron chi connectivity index (χ2n) is 6.64. The maximum absolute atomic E-state index is 5.44. The summed E-state index contributed by atoms with van der Waals surface area (Å²) in [7, 11) is 2.17. The summed E-state index contributed by atoms with van der Waals surface area (Å²) in [4.78, 5) is 9.53. The highest BCUT2D eigenvalue weighted by Crippen LogP contribution is 2.14. The average Bonchev–Trinajstić information content (AvgIpc) is 2.91. The van der Waals surface area contributed by atoms with E-state index in [0.717, 1.165) is 56.4 Å². The van der Waals surface area contributed by atoms with Gasteiger partial charge in [0, 0.05) is 49.2 Å². The van der Waals surface area contributed by atoms with Gasteiger partial charge in [-0.05, 0) is 33.9 Å². The Hall–Kier alpha value is -1.50. The molecule has 2 aromatic rings. The molecule has 3 rings (SSSR count). The molecule has 0 saturated carbocycles. The summed E-state index contributed by atoms with van der Waals surface area (Å²) >= 11 is 0. The summed E-state index contributed by atoms with van der Waals surface area (Å²) in [5.41, 5.74) is 4.34. The molecule has 6 heteroatoms. The molecule has 126 valence electrons. The molecule has 1 saturated heterocycles. The number of ether oxygens (including phenoxy) is 1. The summed E-state index contributed by atoms with van der Waals surface area (Å²) in [6.07, 6.45) is 1.95. The Kier molecular flexibility index (Phi) is 4.94. The fourth-order valence-corrected chi connectivity index (χ4v) is 3.37. The van der Waals surface area contributed by atoms with Gasteiger partial charge in [0.05, 0.1) is 19.4 Å². The Bertz CT molecular complexity index is 662. The number of likely N-dealkylation sites (N-methyl/N-ethyl adjacent to an activating group) is 1. The fourth-order valence-electron chi connectivity index (χ4n) is 3.37. The first-order chi connectivity index (χ1) is 11.0. The number of nitrogens with zero attached hydrogens (tertiary/aromatic N) is 5. The molecule has 0 unspecified atom stereocenters. The van der Waals surface area contributed by atoms with Crippen LogP contribution in [0.15, 0.2) is 12.3 Å². The summed E-state index contributed by atoms with van der Waals surface area (Å²) in [6.45, 7) is 12.1. The molecule has 3 heterocycles. The number of hydrogen-bond donors (Lipinski definition) is 0. The Morgan fingerprint density at radius 1 is 1.30 bits per heavy atom. The highest BCUT2D eigenvalue weighted by molar-refractivity contribution is 5.47. The van der Waals surface area contributed by atoms with Crippen LogP contribution in [0.2, 0.25) is 0 Å². The molecule has 0 bridgehead atoms. The van der Waals surface area contributed by atoms with Crippen molar-refractivity contribution in [3.8, 4) is 0 Å². The van der Waals surface area contributed by atoms with Crippen molar-refractivity contribution in [2.75, 3.05) is 39.9 Å². The lowest BCUT2D eigenvalue weighted by molar-refractivity contribution is 0.0137. The maximum atomic E-state index is 5.44. The molecule has 1 fully saturated rings. The van der Waals surface area contributed by atoms with E-state index in [0.29, 0.717) is 6.04 Å². The second-order valence-corrected chi connectivity index (χ2v) is 6.64. The Labute approximate surface area is 138 Å². The van der Waals surface area contributed by atoms with E-state index in [-0.39, 0.29) is 0 Å². The minimum absolute atomic E-state index is 0.530. The minimum atomic E-state index is 0.530. The predicted octanol–water partition coefficient (Wildman–Crippen LogP) is 1.50. The third kappa shape index (κ3) is 3.71. The van der Waals surface area contributed by atoms with E-state index < -0.39 is 0 Å². The third-order valence-corrected chi connectivity index (χ3v) is 4.54. The number of fused-ring (bicyclic) bond motifs is 1. The number of hydrogen-bond acceptors (Lipinski definition) is 5. The molecule has 0 aromatic carbocycles. The molecule has 6 nitrogen and oxygen atoms in total. The quantitative estimate of drug-likeness (QED) is 0.836. The van der Waals surface area contributed by atoms with E-state index >= 15 is 0 Å². The summed E-state index contributed by atoms with van der Waals surface area (Å²) in [5.74, 6) is 0. The molecule has 0 radical (unpaired) electrons. The van der Waals surface area contributed by atoms with Gasteiger partial charge in [0.15, 0.2) is 5.65 Å². The fraction of sp³-hybridized carbons (Fsp3) is 0.647. The molecule has 0 aliphatic carbocycles. The first-order valence-corrected chi connectivity index (χ1v) is 8.36. The van der Waals surface area contributed by atoms with Crippen molar-refractivity contribution in [2.24, 2.45) is 0 Å². The van der Waals surface area contributed by atoms with Crippen LogP contribution in [-0.4, -0.2) is 70.3 Å². The van der Waals surface area contributed by atoms with Crippen molar-refractivity contribution >= 4 is 5.65 Å². The predicted molar refractivity (Wildman–Crippen MR) is 90.6 cm³/mol. The lowest BCUT2D eigenvalue weighted by Gasteiger charge is -2.34. The van der Waals surface area contributed by atoms with E-state index in [2.05, 4.69) is 46.8 Å². The summed E-state index contributed by atoms with van der Waals surface area (Å²) in [5, 5.41) is 4.48. The minimum Gasteiger partial charge on any atom is -0.379 e. The second kappa shape index (κ2) is 6.95. The van der Waals surface area contributed by atoms with Gasteiger partial charge in [-0.3, -0.25) is 4.90 Å². The van der Waals surface area contributed by atoms with Crippen LogP contribution < -0.4 is 0 Å². The van der Waals surface area contributed by atoms with Gasteiger partial charge in [-0.2, -0.15) is 5.10 Å². The molecule has 0 spiro atoms. The van der Waals surface area contributed by atoms with Crippen molar-refractivity contribution in [3.05, 3.63) is 29.2 Å². The monoisotopic (exact) mass is 317 g/mol. The van der Waals surface area contributed by atoms with Gasteiger partial charge in [0.25, 0.3) is 0 Å². The molecular formula is C17H27N5O. The van der Waals surface area contributed by atoms with Crippen molar-refractivity contribution < 1.29 is 4.74 Å². The van der Waals surface area contributed by atoms with Gasteiger partial charge in [-0.25, -0.2) is 9.50 Å². The normalized spacial score (nSPS) is 18.0. The Morgan fingerprint density at radius 3 is 2.78 bits per heavy atom. The first kappa shape index (κ1) is 16.4. The number of rotatable bonds is 5. The zero-order valence-electron chi connectivity index (χ0n) is 14.6. The smallest absolute Gasteiger partial charge is 0.159 e. The van der Waals surface area contributed by atoms with Crippen molar-refractivity contribution in [1.29, 1.82) is 0 Å². The number of aromatic nitrogens is 3. The highest BCUT2D eigenvalue weighted by atomic mass is 16.5. The van der Waals surface area contributed by atoms with Crippen molar-refractivity contribution in [1.82, 2.24) is 24.4 Å². The Balaban J connectivity index is 1.66. The molecule has 0 amide bonds. The number of morpholine rings is 1. The lowest BCUT2D eigenvalue weighted by atomic mass is 10.2. The van der Waals surface area contributed by atoms with Crippen LogP contribution in [0, 0.1) is 13.8 Å². The van der Waals surface area contributed by atoms with Gasteiger partial charge >= 0.3 is 0 Å². The standard InChI is InChI=1S/C17H27N5O/c1-13-9-14(2)22-17(19-13)16(10-18-22)12-20(4)11-15(3)21-5-7-23-8-6-21/h9-10,15H,5-8,11-12H2,1-4H3/t15-/m0/s1. The van der Waals surface area contributed by atoms with E-state index in [1.165, 1.54) is 5.56 Å². The van der Waals surface area contributed by atoms with Gasteiger partial charge in [-0.15, -0.1) is 0 Å². The zero-order chi connectivity index (χ0) is 16.4. The zero-order valence-corrected chi connectivity index (χ0v) is 14.6. The molecule has 2 aromatic heterocycles. The number of aryl methyl sites for hydroxylation is 2. The molecule has 0 N–H and O–H groups in total. The van der Waals surface area contributed by atoms with E-state index in [1.54, 1.807) is 0 Å². The van der Waals surface area contributed by atoms with Gasteiger partial charge < -0.3 is 9.64 Å². The van der Waals surface area contributed by atoms with Crippen LogP contribution in [0.25, 0.3) is 5.65 Å². The van der Waals surface area contributed by atoms with Crippen LogP contribution in [0.4, 0.5) is 0 Å². The largest absolute Gasteiger partial charge is 0.379 e. The maximum Gasteiger partial charge on any atom is 0.159 e. The van der Waals surface area contributed by atoms with Crippen LogP contribution in [0.5, 0.6) is 0 Å². The van der Waals surface area contributed by atoms with Crippen LogP contribution in [0.3, 0.4) is 0 Å². The molecule has 1 aliphatic rings. The average molecular weight is 317 g/mol. The molecule has 23 heavy (non-hydrogen) atoms. The SMILES string of the molecule is Cc1cc(C)n2ncc(CN(C)C[C@H](C)N3CCOCC3)c2n1. The van der Waals surface area contributed by atoms with Crippen LogP contribution >= 0.6 is 0 Å². The summed E-state index contributed by atoms with van der Waals surface area (Å²) in [6, 6.07) is 2.59. The van der Waals surface area contributed by atoms with E-state index in [4.69, 9.17) is 4.74 Å². The highest BCUT2D eigenvalue weighted by Gasteiger charge is 2.19. The van der Waals surface area contributed by atoms with Crippen molar-refractivity contribution in [3.63, 3.8) is 0 Å².